The summed E-state index contributed by atoms with van der Waals surface area (Å²) in [7, 11) is 0. The van der Waals surface area contributed by atoms with Crippen LogP contribution in [-0.4, -0.2) is 52.7 Å². The van der Waals surface area contributed by atoms with E-state index in [9.17, 15) is 19.7 Å². The third-order valence-corrected chi connectivity index (χ3v) is 6.46. The van der Waals surface area contributed by atoms with Crippen molar-refractivity contribution >= 4 is 11.9 Å². The molecule has 170 valence electrons. The fourth-order valence-electron chi connectivity index (χ4n) is 4.56. The number of benzene rings is 1. The fourth-order valence-corrected chi connectivity index (χ4v) is 4.56. The molecule has 1 aliphatic carbocycles. The number of nitrogens with zero attached hydrogens (tertiary/aromatic N) is 1. The zero-order valence-electron chi connectivity index (χ0n) is 17.9. The number of carboxylic acids is 1. The molecule has 1 saturated heterocycles. The van der Waals surface area contributed by atoms with Gasteiger partial charge in [-0.15, -0.1) is 0 Å². The summed E-state index contributed by atoms with van der Waals surface area (Å²) in [5.41, 5.74) is 0.949. The predicted molar refractivity (Wildman–Crippen MR) is 113 cm³/mol. The lowest BCUT2D eigenvalue weighted by molar-refractivity contribution is -0.535. The second-order valence-corrected chi connectivity index (χ2v) is 8.62. The standard InChI is InChI=1S/C22H31N3O6/c1-3-13(2)21(31-12-14-7-5-4-6-8-14)17-19(22(28)23-11-16(26)27)24-18(15-9-10-15)20(17)25(29)30/h4-8,13,15,17-21,24H,3,9-12H2,1-2H3,(H,23,28)(H,26,27)/t13-,17+,18-,19-,20-,21-/m0/s1. The molecule has 0 bridgehead atoms. The molecule has 1 aromatic rings. The Hall–Kier alpha value is -2.52. The zero-order valence-corrected chi connectivity index (χ0v) is 17.9. The molecular weight excluding hydrogens is 402 g/mol. The molecular formula is C22H31N3O6. The average molecular weight is 434 g/mol. The van der Waals surface area contributed by atoms with Crippen molar-refractivity contribution in [3.63, 3.8) is 0 Å². The maximum Gasteiger partial charge on any atom is 0.322 e. The first-order valence-corrected chi connectivity index (χ1v) is 10.9. The molecule has 1 amide bonds. The van der Waals surface area contributed by atoms with E-state index in [0.29, 0.717) is 0 Å². The normalized spacial score (nSPS) is 27.4. The quantitative estimate of drug-likeness (QED) is 0.358. The first kappa shape index (κ1) is 23.1. The van der Waals surface area contributed by atoms with Gasteiger partial charge in [-0.1, -0.05) is 50.6 Å². The Morgan fingerprint density at radius 1 is 1.32 bits per heavy atom. The monoisotopic (exact) mass is 433 g/mol. The molecule has 0 radical (unpaired) electrons. The Labute approximate surface area is 181 Å². The molecule has 2 fully saturated rings. The van der Waals surface area contributed by atoms with Gasteiger partial charge in [-0.3, -0.25) is 25.0 Å². The SMILES string of the molecule is CC[C@H](C)[C@H](OCc1ccccc1)[C@H]1[C@H]([N+](=O)[O-])[C@H](C2CC2)N[C@@H]1C(=O)NCC(=O)O. The van der Waals surface area contributed by atoms with Gasteiger partial charge in [-0.05, 0) is 30.2 Å². The van der Waals surface area contributed by atoms with Crippen LogP contribution in [0.3, 0.4) is 0 Å². The van der Waals surface area contributed by atoms with Crippen molar-refractivity contribution in [2.45, 2.75) is 63.9 Å². The minimum absolute atomic E-state index is 0.0225. The Balaban J connectivity index is 1.89. The average Bonchev–Trinajstić information content (AvgIpc) is 3.52. The minimum Gasteiger partial charge on any atom is -0.480 e. The van der Waals surface area contributed by atoms with E-state index in [1.54, 1.807) is 0 Å². The van der Waals surface area contributed by atoms with E-state index < -0.39 is 48.6 Å². The number of nitro groups is 1. The first-order valence-electron chi connectivity index (χ1n) is 10.9. The number of carbonyl (C=O) groups is 2. The number of hydrogen-bond acceptors (Lipinski definition) is 6. The van der Waals surface area contributed by atoms with Crippen LogP contribution in [0.25, 0.3) is 0 Å². The summed E-state index contributed by atoms with van der Waals surface area (Å²) in [5, 5.41) is 26.7. The molecule has 3 rings (SSSR count). The Morgan fingerprint density at radius 2 is 2.00 bits per heavy atom. The molecule has 6 atom stereocenters. The van der Waals surface area contributed by atoms with Crippen LogP contribution >= 0.6 is 0 Å². The van der Waals surface area contributed by atoms with E-state index >= 15 is 0 Å². The van der Waals surface area contributed by atoms with E-state index in [1.807, 2.05) is 44.2 Å². The van der Waals surface area contributed by atoms with Crippen molar-refractivity contribution in [3.8, 4) is 0 Å². The molecule has 2 aliphatic rings. The lowest BCUT2D eigenvalue weighted by Gasteiger charge is -2.32. The number of carboxylic acid groups (broad SMARTS) is 1. The predicted octanol–water partition coefficient (Wildman–Crippen LogP) is 1.83. The highest BCUT2D eigenvalue weighted by Crippen LogP contribution is 2.43. The minimum atomic E-state index is -1.16. The van der Waals surface area contributed by atoms with Gasteiger partial charge in [0, 0.05) is 4.92 Å². The third-order valence-electron chi connectivity index (χ3n) is 6.46. The van der Waals surface area contributed by atoms with Crippen LogP contribution in [-0.2, 0) is 20.9 Å². The molecule has 9 nitrogen and oxygen atoms in total. The highest BCUT2D eigenvalue weighted by molar-refractivity contribution is 5.86. The van der Waals surface area contributed by atoms with Crippen molar-refractivity contribution in [2.75, 3.05) is 6.54 Å². The largest absolute Gasteiger partial charge is 0.480 e. The van der Waals surface area contributed by atoms with Crippen molar-refractivity contribution in [2.24, 2.45) is 17.8 Å². The van der Waals surface area contributed by atoms with Gasteiger partial charge in [-0.2, -0.15) is 0 Å². The van der Waals surface area contributed by atoms with E-state index in [-0.39, 0.29) is 23.4 Å². The smallest absolute Gasteiger partial charge is 0.322 e. The lowest BCUT2D eigenvalue weighted by Crippen LogP contribution is -2.51. The van der Waals surface area contributed by atoms with Gasteiger partial charge in [0.2, 0.25) is 11.9 Å². The van der Waals surface area contributed by atoms with Crippen LogP contribution < -0.4 is 10.6 Å². The van der Waals surface area contributed by atoms with Gasteiger partial charge >= 0.3 is 5.97 Å². The lowest BCUT2D eigenvalue weighted by atomic mass is 9.80. The van der Waals surface area contributed by atoms with E-state index in [4.69, 9.17) is 9.84 Å². The maximum atomic E-state index is 12.9. The van der Waals surface area contributed by atoms with Gasteiger partial charge in [0.05, 0.1) is 30.7 Å². The highest BCUT2D eigenvalue weighted by Gasteiger charge is 2.60. The number of aliphatic carboxylic acids is 1. The fraction of sp³-hybridized carbons (Fsp3) is 0.636. The van der Waals surface area contributed by atoms with Crippen molar-refractivity contribution in [1.29, 1.82) is 0 Å². The Morgan fingerprint density at radius 3 is 2.55 bits per heavy atom. The van der Waals surface area contributed by atoms with Crippen molar-refractivity contribution in [3.05, 3.63) is 46.0 Å². The molecule has 3 N–H and O–H groups in total. The summed E-state index contributed by atoms with van der Waals surface area (Å²) in [5.74, 6) is -2.26. The number of ether oxygens (including phenoxy) is 1. The van der Waals surface area contributed by atoms with Gasteiger partial charge < -0.3 is 15.2 Å². The van der Waals surface area contributed by atoms with Crippen molar-refractivity contribution < 1.29 is 24.4 Å². The van der Waals surface area contributed by atoms with Gasteiger partial charge in [0.25, 0.3) is 0 Å². The second kappa shape index (κ2) is 10.2. The molecule has 1 heterocycles. The topological polar surface area (TPSA) is 131 Å². The molecule has 1 aromatic carbocycles. The van der Waals surface area contributed by atoms with Gasteiger partial charge in [0.1, 0.15) is 6.54 Å². The highest BCUT2D eigenvalue weighted by atomic mass is 16.6. The Bertz CT molecular complexity index is 785. The number of amides is 1. The van der Waals surface area contributed by atoms with Gasteiger partial charge in [0.15, 0.2) is 0 Å². The first-order chi connectivity index (χ1) is 14.8. The second-order valence-electron chi connectivity index (χ2n) is 8.62. The zero-order chi connectivity index (χ0) is 22.5. The van der Waals surface area contributed by atoms with E-state index in [0.717, 1.165) is 24.8 Å². The van der Waals surface area contributed by atoms with Crippen molar-refractivity contribution in [1.82, 2.24) is 10.6 Å². The summed E-state index contributed by atoms with van der Waals surface area (Å²) in [6, 6.07) is 7.29. The molecule has 0 spiro atoms. The maximum absolute atomic E-state index is 12.9. The van der Waals surface area contributed by atoms with Crippen LogP contribution in [0.2, 0.25) is 0 Å². The molecule has 0 unspecified atom stereocenters. The van der Waals surface area contributed by atoms with Crippen LogP contribution in [0.1, 0.15) is 38.7 Å². The molecule has 9 heteroatoms. The Kier molecular flexibility index (Phi) is 7.61. The van der Waals surface area contributed by atoms with Gasteiger partial charge in [-0.25, -0.2) is 0 Å². The van der Waals surface area contributed by atoms with Crippen LogP contribution in [0.15, 0.2) is 30.3 Å². The third kappa shape index (κ3) is 5.59. The molecule has 1 saturated carbocycles. The number of rotatable bonds is 11. The number of hydrogen-bond donors (Lipinski definition) is 3. The summed E-state index contributed by atoms with van der Waals surface area (Å²) in [6.07, 6.45) is 1.98. The van der Waals surface area contributed by atoms with E-state index in [2.05, 4.69) is 10.6 Å². The number of nitrogens with one attached hydrogen (secondary N) is 2. The summed E-state index contributed by atoms with van der Waals surface area (Å²) in [4.78, 5) is 35.7. The number of carbonyl (C=O) groups excluding carboxylic acids is 1. The summed E-state index contributed by atoms with van der Waals surface area (Å²) >= 11 is 0. The summed E-state index contributed by atoms with van der Waals surface area (Å²) < 4.78 is 6.26. The van der Waals surface area contributed by atoms with Crippen LogP contribution in [0.5, 0.6) is 0 Å². The molecule has 31 heavy (non-hydrogen) atoms. The molecule has 0 aromatic heterocycles. The van der Waals surface area contributed by atoms with Crippen LogP contribution in [0.4, 0.5) is 0 Å². The van der Waals surface area contributed by atoms with E-state index in [1.165, 1.54) is 0 Å². The molecule has 1 aliphatic heterocycles. The van der Waals surface area contributed by atoms with Crippen LogP contribution in [0, 0.1) is 27.9 Å². The summed E-state index contributed by atoms with van der Waals surface area (Å²) in [6.45, 7) is 3.72.